The number of furan rings is 1. The third-order valence-electron chi connectivity index (χ3n) is 3.24. The molecule has 5 nitrogen and oxygen atoms in total. The maximum absolute atomic E-state index is 12.3. The molecule has 0 radical (unpaired) electrons. The number of hydrogen-bond donors (Lipinski definition) is 1. The summed E-state index contributed by atoms with van der Waals surface area (Å²) in [6.07, 6.45) is 0.838. The van der Waals surface area contributed by atoms with E-state index < -0.39 is 0 Å². The van der Waals surface area contributed by atoms with Crippen molar-refractivity contribution in [3.63, 3.8) is 0 Å². The van der Waals surface area contributed by atoms with Gasteiger partial charge in [0.1, 0.15) is 10.8 Å². The Morgan fingerprint density at radius 2 is 2.04 bits per heavy atom. The molecule has 124 valence electrons. The van der Waals surface area contributed by atoms with Gasteiger partial charge in [-0.25, -0.2) is 0 Å². The van der Waals surface area contributed by atoms with E-state index in [-0.39, 0.29) is 11.7 Å². The standard InChI is InChI=1S/C17H16ClN3O2S/c1-10(2)9-15-20-21-17(24-15)19-16(22)14-8-7-13(23-14)11-5-3-4-6-12(11)18/h3-8,10H,9H2,1-2H3,(H,19,21,22). The number of nitrogens with one attached hydrogen (secondary N) is 1. The third kappa shape index (κ3) is 3.83. The molecule has 0 aliphatic carbocycles. The first-order valence-electron chi connectivity index (χ1n) is 7.51. The summed E-state index contributed by atoms with van der Waals surface area (Å²) in [5, 5.41) is 12.7. The van der Waals surface area contributed by atoms with Crippen LogP contribution in [0.4, 0.5) is 5.13 Å². The number of amides is 1. The van der Waals surface area contributed by atoms with Gasteiger partial charge in [0.2, 0.25) is 5.13 Å². The van der Waals surface area contributed by atoms with Gasteiger partial charge in [-0.2, -0.15) is 0 Å². The molecule has 2 heterocycles. The van der Waals surface area contributed by atoms with Crippen molar-refractivity contribution in [2.75, 3.05) is 5.32 Å². The van der Waals surface area contributed by atoms with Gasteiger partial charge >= 0.3 is 0 Å². The number of rotatable bonds is 5. The zero-order chi connectivity index (χ0) is 17.1. The molecular weight excluding hydrogens is 346 g/mol. The van der Waals surface area contributed by atoms with Gasteiger partial charge in [-0.3, -0.25) is 10.1 Å². The lowest BCUT2D eigenvalue weighted by atomic mass is 10.1. The van der Waals surface area contributed by atoms with Crippen LogP contribution in [-0.4, -0.2) is 16.1 Å². The second-order valence-electron chi connectivity index (χ2n) is 5.70. The van der Waals surface area contributed by atoms with Gasteiger partial charge in [-0.1, -0.05) is 48.9 Å². The highest BCUT2D eigenvalue weighted by Crippen LogP contribution is 2.29. The first-order valence-corrected chi connectivity index (χ1v) is 8.71. The number of nitrogens with zero attached hydrogens (tertiary/aromatic N) is 2. The molecule has 2 aromatic heterocycles. The van der Waals surface area contributed by atoms with Gasteiger partial charge in [-0.05, 0) is 30.2 Å². The Balaban J connectivity index is 1.72. The molecule has 0 fully saturated rings. The number of benzene rings is 1. The Hall–Kier alpha value is -2.18. The highest BCUT2D eigenvalue weighted by molar-refractivity contribution is 7.15. The number of aromatic nitrogens is 2. The summed E-state index contributed by atoms with van der Waals surface area (Å²) < 4.78 is 5.62. The van der Waals surface area contributed by atoms with Crippen LogP contribution in [0.1, 0.15) is 29.4 Å². The highest BCUT2D eigenvalue weighted by atomic mass is 35.5. The Morgan fingerprint density at radius 3 is 2.79 bits per heavy atom. The first-order chi connectivity index (χ1) is 11.5. The van der Waals surface area contributed by atoms with Crippen molar-refractivity contribution in [1.82, 2.24) is 10.2 Å². The molecule has 0 bridgehead atoms. The topological polar surface area (TPSA) is 68.0 Å². The number of halogens is 1. The van der Waals surface area contributed by atoms with E-state index in [1.165, 1.54) is 11.3 Å². The maximum atomic E-state index is 12.3. The quantitative estimate of drug-likeness (QED) is 0.701. The predicted octanol–water partition coefficient (Wildman–Crippen LogP) is 4.90. The molecule has 0 unspecified atom stereocenters. The summed E-state index contributed by atoms with van der Waals surface area (Å²) in [7, 11) is 0. The molecule has 1 amide bonds. The van der Waals surface area contributed by atoms with Crippen LogP contribution in [0.3, 0.4) is 0 Å². The molecule has 0 atom stereocenters. The number of carbonyl (C=O) groups excluding carboxylic acids is 1. The first kappa shape index (κ1) is 16.7. The van der Waals surface area contributed by atoms with Crippen molar-refractivity contribution >= 4 is 34.0 Å². The zero-order valence-electron chi connectivity index (χ0n) is 13.2. The molecule has 24 heavy (non-hydrogen) atoms. The van der Waals surface area contributed by atoms with Crippen LogP contribution in [-0.2, 0) is 6.42 Å². The Kier molecular flexibility index (Phi) is 4.97. The number of hydrogen-bond acceptors (Lipinski definition) is 5. The van der Waals surface area contributed by atoms with E-state index in [2.05, 4.69) is 29.4 Å². The van der Waals surface area contributed by atoms with E-state index in [0.29, 0.717) is 21.8 Å². The average molecular weight is 362 g/mol. The second-order valence-corrected chi connectivity index (χ2v) is 7.17. The smallest absolute Gasteiger partial charge is 0.293 e. The van der Waals surface area contributed by atoms with Gasteiger partial charge in [0.15, 0.2) is 5.76 Å². The summed E-state index contributed by atoms with van der Waals surface area (Å²) in [4.78, 5) is 12.3. The van der Waals surface area contributed by atoms with Crippen LogP contribution in [0.5, 0.6) is 0 Å². The molecule has 0 saturated carbocycles. The van der Waals surface area contributed by atoms with E-state index in [4.69, 9.17) is 16.0 Å². The molecule has 0 aliphatic rings. The average Bonchev–Trinajstić information content (AvgIpc) is 3.17. The maximum Gasteiger partial charge on any atom is 0.293 e. The fraction of sp³-hybridized carbons (Fsp3) is 0.235. The Bertz CT molecular complexity index is 857. The molecule has 3 rings (SSSR count). The van der Waals surface area contributed by atoms with Crippen LogP contribution in [0.2, 0.25) is 5.02 Å². The third-order valence-corrected chi connectivity index (χ3v) is 4.43. The lowest BCUT2D eigenvalue weighted by molar-refractivity contribution is 0.0997. The fourth-order valence-electron chi connectivity index (χ4n) is 2.16. The van der Waals surface area contributed by atoms with E-state index in [1.54, 1.807) is 18.2 Å². The number of carbonyl (C=O) groups is 1. The molecule has 1 aromatic carbocycles. The Morgan fingerprint density at radius 1 is 1.25 bits per heavy atom. The van der Waals surface area contributed by atoms with Gasteiger partial charge in [-0.15, -0.1) is 10.2 Å². The van der Waals surface area contributed by atoms with Gasteiger partial charge < -0.3 is 4.42 Å². The van der Waals surface area contributed by atoms with Crippen molar-refractivity contribution in [1.29, 1.82) is 0 Å². The summed E-state index contributed by atoms with van der Waals surface area (Å²) in [5.74, 6) is 0.874. The predicted molar refractivity (Wildman–Crippen MR) is 95.6 cm³/mol. The molecule has 3 aromatic rings. The van der Waals surface area contributed by atoms with Gasteiger partial charge in [0.05, 0.1) is 5.02 Å². The lowest BCUT2D eigenvalue weighted by Crippen LogP contribution is -2.10. The van der Waals surface area contributed by atoms with Crippen LogP contribution in [0, 0.1) is 5.92 Å². The summed E-state index contributed by atoms with van der Waals surface area (Å²) >= 11 is 7.52. The van der Waals surface area contributed by atoms with Gasteiger partial charge in [0.25, 0.3) is 5.91 Å². The van der Waals surface area contributed by atoms with Crippen molar-refractivity contribution in [2.24, 2.45) is 5.92 Å². The molecule has 0 spiro atoms. The molecular formula is C17H16ClN3O2S. The number of anilines is 1. The van der Waals surface area contributed by atoms with Crippen molar-refractivity contribution in [3.8, 4) is 11.3 Å². The summed E-state index contributed by atoms with van der Waals surface area (Å²) in [6.45, 7) is 4.22. The van der Waals surface area contributed by atoms with Crippen molar-refractivity contribution < 1.29 is 9.21 Å². The fourth-order valence-corrected chi connectivity index (χ4v) is 3.34. The van der Waals surface area contributed by atoms with Crippen LogP contribution >= 0.6 is 22.9 Å². The van der Waals surface area contributed by atoms with E-state index in [0.717, 1.165) is 17.0 Å². The SMILES string of the molecule is CC(C)Cc1nnc(NC(=O)c2ccc(-c3ccccc3Cl)o2)s1. The van der Waals surface area contributed by atoms with Crippen molar-refractivity contribution in [3.05, 3.63) is 52.2 Å². The summed E-state index contributed by atoms with van der Waals surface area (Å²) in [5.41, 5.74) is 0.744. The molecule has 0 saturated heterocycles. The van der Waals surface area contributed by atoms with E-state index in [1.807, 2.05) is 18.2 Å². The van der Waals surface area contributed by atoms with Gasteiger partial charge in [0, 0.05) is 12.0 Å². The van der Waals surface area contributed by atoms with E-state index >= 15 is 0 Å². The molecule has 0 aliphatic heterocycles. The summed E-state index contributed by atoms with van der Waals surface area (Å²) in [6, 6.07) is 10.7. The Labute approximate surface area is 148 Å². The minimum Gasteiger partial charge on any atom is -0.451 e. The lowest BCUT2D eigenvalue weighted by Gasteiger charge is -2.00. The van der Waals surface area contributed by atoms with E-state index in [9.17, 15) is 4.79 Å². The minimum absolute atomic E-state index is 0.200. The highest BCUT2D eigenvalue weighted by Gasteiger charge is 2.16. The monoisotopic (exact) mass is 361 g/mol. The normalized spacial score (nSPS) is 11.0. The molecule has 1 N–H and O–H groups in total. The largest absolute Gasteiger partial charge is 0.451 e. The zero-order valence-corrected chi connectivity index (χ0v) is 14.8. The second kappa shape index (κ2) is 7.15. The minimum atomic E-state index is -0.361. The van der Waals surface area contributed by atoms with Crippen LogP contribution < -0.4 is 5.32 Å². The van der Waals surface area contributed by atoms with Crippen molar-refractivity contribution in [2.45, 2.75) is 20.3 Å². The van der Waals surface area contributed by atoms with Crippen LogP contribution in [0.15, 0.2) is 40.8 Å². The van der Waals surface area contributed by atoms with Crippen LogP contribution in [0.25, 0.3) is 11.3 Å². The molecule has 7 heteroatoms.